The summed E-state index contributed by atoms with van der Waals surface area (Å²) in [5, 5.41) is 3.59. The SMILES string of the molecule is CNS(=O)(=O)C1=C(/C=C/C(C)=C/C=C/C(C)=C/c2noc(=O)[nH]2)C(C)(C)CCC1. The van der Waals surface area contributed by atoms with Crippen LogP contribution in [0.2, 0.25) is 0 Å². The molecule has 29 heavy (non-hydrogen) atoms. The Balaban J connectivity index is 2.21. The Bertz CT molecular complexity index is 1050. The van der Waals surface area contributed by atoms with Gasteiger partial charge in [-0.2, -0.15) is 0 Å². The summed E-state index contributed by atoms with van der Waals surface area (Å²) in [4.78, 5) is 13.9. The molecule has 1 aliphatic rings. The van der Waals surface area contributed by atoms with E-state index in [1.807, 2.05) is 44.2 Å². The number of sulfonamides is 1. The van der Waals surface area contributed by atoms with Crippen molar-refractivity contribution in [3.05, 3.63) is 68.4 Å². The molecule has 0 aromatic carbocycles. The van der Waals surface area contributed by atoms with Crippen molar-refractivity contribution in [2.45, 2.75) is 47.0 Å². The first kappa shape index (κ1) is 22.8. The second-order valence-electron chi connectivity index (χ2n) is 7.75. The number of hydrogen-bond donors (Lipinski definition) is 2. The fraction of sp³-hybridized carbons (Fsp3) is 0.429. The van der Waals surface area contributed by atoms with Crippen molar-refractivity contribution >= 4 is 16.1 Å². The van der Waals surface area contributed by atoms with Gasteiger partial charge in [0.05, 0.1) is 4.91 Å². The molecule has 0 amide bonds. The van der Waals surface area contributed by atoms with Gasteiger partial charge in [-0.15, -0.1) is 0 Å². The topological polar surface area (TPSA) is 105 Å². The molecule has 0 unspecified atom stereocenters. The summed E-state index contributed by atoms with van der Waals surface area (Å²) >= 11 is 0. The molecule has 1 aromatic rings. The minimum absolute atomic E-state index is 0.196. The number of nitrogens with zero attached hydrogens (tertiary/aromatic N) is 1. The molecule has 0 bridgehead atoms. The van der Waals surface area contributed by atoms with Crippen LogP contribution in [0.25, 0.3) is 6.08 Å². The highest BCUT2D eigenvalue weighted by atomic mass is 32.2. The van der Waals surface area contributed by atoms with Gasteiger partial charge >= 0.3 is 5.76 Å². The van der Waals surface area contributed by atoms with E-state index in [2.05, 4.69) is 33.2 Å². The molecule has 0 aliphatic heterocycles. The predicted octanol–water partition coefficient (Wildman–Crippen LogP) is 3.84. The smallest absolute Gasteiger partial charge is 0.296 e. The highest BCUT2D eigenvalue weighted by Crippen LogP contribution is 2.42. The number of aromatic amines is 1. The summed E-state index contributed by atoms with van der Waals surface area (Å²) in [7, 11) is -2.00. The van der Waals surface area contributed by atoms with Crippen LogP contribution in [0.5, 0.6) is 0 Å². The van der Waals surface area contributed by atoms with E-state index in [0.29, 0.717) is 17.2 Å². The van der Waals surface area contributed by atoms with Crippen molar-refractivity contribution in [2.24, 2.45) is 5.41 Å². The third kappa shape index (κ3) is 6.27. The molecule has 0 atom stereocenters. The van der Waals surface area contributed by atoms with E-state index in [-0.39, 0.29) is 5.41 Å². The van der Waals surface area contributed by atoms with E-state index in [4.69, 9.17) is 0 Å². The van der Waals surface area contributed by atoms with Crippen molar-refractivity contribution in [1.29, 1.82) is 0 Å². The highest BCUT2D eigenvalue weighted by molar-refractivity contribution is 7.93. The van der Waals surface area contributed by atoms with E-state index in [9.17, 15) is 13.2 Å². The molecule has 1 aliphatic carbocycles. The molecule has 158 valence electrons. The van der Waals surface area contributed by atoms with Gasteiger partial charge in [-0.25, -0.2) is 17.9 Å². The van der Waals surface area contributed by atoms with Crippen LogP contribution in [-0.2, 0) is 10.0 Å². The van der Waals surface area contributed by atoms with E-state index in [1.165, 1.54) is 7.05 Å². The normalized spacial score (nSPS) is 18.9. The monoisotopic (exact) mass is 419 g/mol. The summed E-state index contributed by atoms with van der Waals surface area (Å²) in [6, 6.07) is 0. The second kappa shape index (κ2) is 9.37. The summed E-state index contributed by atoms with van der Waals surface area (Å²) in [5.74, 6) is -0.226. The molecule has 7 nitrogen and oxygen atoms in total. The first-order chi connectivity index (χ1) is 13.5. The predicted molar refractivity (Wildman–Crippen MR) is 115 cm³/mol. The van der Waals surface area contributed by atoms with Gasteiger partial charge in [0.25, 0.3) is 0 Å². The number of allylic oxidation sites excluding steroid dienone is 9. The van der Waals surface area contributed by atoms with E-state index in [1.54, 1.807) is 6.08 Å². The molecule has 0 saturated carbocycles. The van der Waals surface area contributed by atoms with Gasteiger partial charge in [-0.05, 0) is 62.8 Å². The summed E-state index contributed by atoms with van der Waals surface area (Å²) in [5.41, 5.74) is 2.54. The summed E-state index contributed by atoms with van der Waals surface area (Å²) in [6.07, 6.45) is 13.6. The number of hydrogen-bond acceptors (Lipinski definition) is 5. The Hall–Kier alpha value is -2.45. The molecule has 1 heterocycles. The van der Waals surface area contributed by atoms with Crippen LogP contribution in [0.4, 0.5) is 0 Å². The molecule has 2 rings (SSSR count). The minimum Gasteiger partial charge on any atom is -0.296 e. The maximum Gasteiger partial charge on any atom is 0.439 e. The Morgan fingerprint density at radius 3 is 2.59 bits per heavy atom. The van der Waals surface area contributed by atoms with Gasteiger partial charge < -0.3 is 0 Å². The second-order valence-corrected chi connectivity index (χ2v) is 9.66. The van der Waals surface area contributed by atoms with E-state index >= 15 is 0 Å². The van der Waals surface area contributed by atoms with Crippen molar-refractivity contribution in [2.75, 3.05) is 7.05 Å². The molecular formula is C21H29N3O4S. The van der Waals surface area contributed by atoms with Crippen LogP contribution in [0.1, 0.15) is 52.8 Å². The summed E-state index contributed by atoms with van der Waals surface area (Å²) < 4.78 is 31.8. The standard InChI is InChI=1S/C21H29N3O4S/c1-15(8-6-9-16(2)14-19-23-20(25)28-24-19)11-12-17-18(29(26,27)22-5)10-7-13-21(17,3)4/h6,8-9,11-12,14,22H,7,10,13H2,1-5H3,(H,23,24,25)/b9-6+,12-11+,15-8+,16-14+. The molecule has 2 N–H and O–H groups in total. The zero-order valence-electron chi connectivity index (χ0n) is 17.6. The lowest BCUT2D eigenvalue weighted by Crippen LogP contribution is -2.28. The van der Waals surface area contributed by atoms with Gasteiger partial charge in [-0.1, -0.05) is 55.0 Å². The van der Waals surface area contributed by atoms with Crippen molar-refractivity contribution in [3.63, 3.8) is 0 Å². The fourth-order valence-electron chi connectivity index (χ4n) is 3.25. The molecule has 1 aromatic heterocycles. The molecular weight excluding hydrogens is 390 g/mol. The third-order valence-corrected chi connectivity index (χ3v) is 6.49. The lowest BCUT2D eigenvalue weighted by atomic mass is 9.75. The van der Waals surface area contributed by atoms with Crippen molar-refractivity contribution in [1.82, 2.24) is 14.9 Å². The van der Waals surface area contributed by atoms with Gasteiger partial charge in [0.1, 0.15) is 0 Å². The first-order valence-electron chi connectivity index (χ1n) is 9.50. The summed E-state index contributed by atoms with van der Waals surface area (Å²) in [6.45, 7) is 8.00. The Morgan fingerprint density at radius 1 is 1.24 bits per heavy atom. The molecule has 0 saturated heterocycles. The van der Waals surface area contributed by atoms with Gasteiger partial charge in [0, 0.05) is 0 Å². The third-order valence-electron chi connectivity index (χ3n) is 4.88. The van der Waals surface area contributed by atoms with E-state index < -0.39 is 15.8 Å². The van der Waals surface area contributed by atoms with Gasteiger partial charge in [0.15, 0.2) is 5.82 Å². The molecule has 0 fully saturated rings. The Labute approximate surface area is 172 Å². The lowest BCUT2D eigenvalue weighted by molar-refractivity contribution is 0.381. The van der Waals surface area contributed by atoms with Crippen LogP contribution in [0, 0.1) is 5.41 Å². The number of H-pyrrole nitrogens is 1. The molecule has 0 radical (unpaired) electrons. The number of aromatic nitrogens is 2. The average Bonchev–Trinajstić information content (AvgIpc) is 3.04. The van der Waals surface area contributed by atoms with Crippen molar-refractivity contribution < 1.29 is 12.9 Å². The lowest BCUT2D eigenvalue weighted by Gasteiger charge is -2.33. The van der Waals surface area contributed by atoms with Gasteiger partial charge in [-0.3, -0.25) is 9.51 Å². The van der Waals surface area contributed by atoms with Crippen molar-refractivity contribution in [3.8, 4) is 0 Å². The van der Waals surface area contributed by atoms with Crippen LogP contribution in [-0.4, -0.2) is 25.6 Å². The maximum absolute atomic E-state index is 12.4. The van der Waals surface area contributed by atoms with Crippen LogP contribution >= 0.6 is 0 Å². The van der Waals surface area contributed by atoms with Crippen LogP contribution in [0.3, 0.4) is 0 Å². The zero-order valence-corrected chi connectivity index (χ0v) is 18.4. The molecule has 0 spiro atoms. The Morgan fingerprint density at radius 2 is 1.97 bits per heavy atom. The zero-order chi connectivity index (χ0) is 21.7. The number of nitrogens with one attached hydrogen (secondary N) is 2. The maximum atomic E-state index is 12.4. The molecule has 8 heteroatoms. The highest BCUT2D eigenvalue weighted by Gasteiger charge is 2.33. The van der Waals surface area contributed by atoms with Gasteiger partial charge in [0.2, 0.25) is 10.0 Å². The van der Waals surface area contributed by atoms with E-state index in [0.717, 1.165) is 29.6 Å². The Kier molecular flexibility index (Phi) is 7.37. The van der Waals surface area contributed by atoms with Crippen LogP contribution < -0.4 is 10.5 Å². The van der Waals surface area contributed by atoms with Crippen LogP contribution in [0.15, 0.2) is 61.3 Å². The minimum atomic E-state index is -3.45. The average molecular weight is 420 g/mol. The fourth-order valence-corrected chi connectivity index (χ4v) is 4.54. The number of rotatable bonds is 7. The largest absolute Gasteiger partial charge is 0.439 e. The first-order valence-corrected chi connectivity index (χ1v) is 11.0. The quantitative estimate of drug-likeness (QED) is 0.653.